The summed E-state index contributed by atoms with van der Waals surface area (Å²) in [6.45, 7) is 0. The van der Waals surface area contributed by atoms with E-state index in [1.165, 1.54) is 78.2 Å². The molecule has 0 saturated carbocycles. The van der Waals surface area contributed by atoms with Gasteiger partial charge in [0.2, 0.25) is 0 Å². The normalized spacial score (nSPS) is 9.09. The molecule has 0 saturated heterocycles. The minimum atomic E-state index is 0. The second-order valence-electron chi connectivity index (χ2n) is 12.7. The number of carbonyl (C=O) groups is 2. The fourth-order valence-corrected chi connectivity index (χ4v) is 8.26. The van der Waals surface area contributed by atoms with Crippen molar-refractivity contribution in [3.8, 4) is 61.4 Å². The first-order valence-corrected chi connectivity index (χ1v) is 18.5. The average molecular weight is 1870 g/mol. The SMILES string of the molecule is Brc1cc2c3c(cccc3c1)-c1ccccc1-2.O=Cc1cc(Cl)ccc1-c1cc2c3c(cccc3c1)-c1ccccc1-2.O=Cc1cc(Cl)ccc1O[B]O.[Y].[Y].[Y].[Y].[Y].[Y].[Y].[Y].[Y].[Y].[Y].[Y]. The molecule has 20 heteroatoms. The van der Waals surface area contributed by atoms with Crippen LogP contribution >= 0.6 is 39.1 Å². The maximum absolute atomic E-state index is 11.5. The molecule has 0 unspecified atom stereocenters. The zero-order valence-electron chi connectivity index (χ0n) is 35.3. The third-order valence-electron chi connectivity index (χ3n) is 9.66. The Morgan fingerprint density at radius 2 is 0.833 bits per heavy atom. The Morgan fingerprint density at radius 3 is 1.30 bits per heavy atom. The van der Waals surface area contributed by atoms with Gasteiger partial charge in [0.05, 0.1) is 5.56 Å². The molecule has 0 amide bonds. The molecule has 1 N–H and O–H groups in total. The van der Waals surface area contributed by atoms with Crippen LogP contribution in [0.4, 0.5) is 0 Å². The molecule has 4 nitrogen and oxygen atoms in total. The van der Waals surface area contributed by atoms with Crippen molar-refractivity contribution >= 4 is 80.9 Å². The number of benzene rings is 8. The molecule has 66 heavy (non-hydrogen) atoms. The van der Waals surface area contributed by atoms with Crippen molar-refractivity contribution in [2.24, 2.45) is 0 Å². The van der Waals surface area contributed by atoms with Crippen molar-refractivity contribution in [2.45, 2.75) is 0 Å². The zero-order valence-corrected chi connectivity index (χ0v) is 72.5. The molecular weight excluding hydrogens is 1840 g/mol. The van der Waals surface area contributed by atoms with Crippen LogP contribution in [0, 0.1) is 0 Å². The average Bonchev–Trinajstić information content (AvgIpc) is 3.70. The summed E-state index contributed by atoms with van der Waals surface area (Å²) in [4.78, 5) is 21.9. The van der Waals surface area contributed by atoms with Gasteiger partial charge < -0.3 is 9.68 Å². The fraction of sp³-hybridized carbons (Fsp3) is 0. The summed E-state index contributed by atoms with van der Waals surface area (Å²) in [5, 5.41) is 14.5. The Hall–Kier alpha value is 7.75. The Balaban J connectivity index is -0.000000272. The molecule has 0 fully saturated rings. The van der Waals surface area contributed by atoms with Gasteiger partial charge in [-0.25, -0.2) is 0 Å². The Bertz CT molecular complexity index is 2830. The van der Waals surface area contributed by atoms with Crippen LogP contribution in [-0.2, 0) is 393 Å². The van der Waals surface area contributed by atoms with E-state index in [-0.39, 0.29) is 398 Å². The maximum atomic E-state index is 11.5. The van der Waals surface area contributed by atoms with Crippen LogP contribution in [-0.4, -0.2) is 25.3 Å². The molecule has 0 atom stereocenters. The molecule has 0 bridgehead atoms. The van der Waals surface area contributed by atoms with Gasteiger partial charge >= 0.3 is 7.69 Å². The standard InChI is InChI=1S/C23H13ClO.C16H9Br.C7H5BClO3.12Y/c24-17-8-9-18(16(11-17)13-25)15-10-14-4-3-7-21-19-5-1-2-6-20(19)22(12-15)23(14)21;17-11-8-10-4-3-7-14-12-5-1-2-6-13(12)15(9-11)16(10)14;9-6-1-2-7(12-8-11)5(3-6)4-10;;;;;;;;;;;;/h1-13H;1-9H;1-4,11H;;;;;;;;;;;;. The third-order valence-corrected chi connectivity index (χ3v) is 10.6. The predicted octanol–water partition coefficient (Wildman–Crippen LogP) is 12.9. The predicted molar refractivity (Wildman–Crippen MR) is 226 cm³/mol. The monoisotopic (exact) mass is 1870 g/mol. The second kappa shape index (κ2) is 40.9. The van der Waals surface area contributed by atoms with Gasteiger partial charge in [0.15, 0.2) is 12.6 Å². The largest absolute Gasteiger partial charge is 0.569 e. The summed E-state index contributed by atoms with van der Waals surface area (Å²) in [6.07, 6.45) is 1.47. The maximum Gasteiger partial charge on any atom is 0.569 e. The summed E-state index contributed by atoms with van der Waals surface area (Å²) < 4.78 is 5.77. The van der Waals surface area contributed by atoms with E-state index in [9.17, 15) is 9.59 Å². The van der Waals surface area contributed by atoms with Gasteiger partial charge in [-0.2, -0.15) is 0 Å². The first-order valence-electron chi connectivity index (χ1n) is 17.0. The summed E-state index contributed by atoms with van der Waals surface area (Å²) >= 11 is 15.3. The zero-order chi connectivity index (χ0) is 37.3. The van der Waals surface area contributed by atoms with Crippen LogP contribution in [0.3, 0.4) is 0 Å². The molecular formula is C46H27BBrCl2O4Y12. The van der Waals surface area contributed by atoms with Crippen molar-refractivity contribution in [1.82, 2.24) is 0 Å². The van der Waals surface area contributed by atoms with Gasteiger partial charge in [-0.3, -0.25) is 9.59 Å². The van der Waals surface area contributed by atoms with Crippen molar-refractivity contribution in [3.05, 3.63) is 171 Å². The molecule has 10 rings (SSSR count). The van der Waals surface area contributed by atoms with Gasteiger partial charge in [-0.05, 0) is 132 Å². The summed E-state index contributed by atoms with van der Waals surface area (Å²) in [5.41, 5.74) is 13.3. The molecule has 295 valence electrons. The van der Waals surface area contributed by atoms with E-state index >= 15 is 0 Å². The van der Waals surface area contributed by atoms with Crippen molar-refractivity contribution in [3.63, 3.8) is 0 Å². The minimum Gasteiger partial charge on any atom is -0.537 e. The van der Waals surface area contributed by atoms with Gasteiger partial charge in [-0.1, -0.05) is 130 Å². The Morgan fingerprint density at radius 1 is 0.424 bits per heavy atom. The van der Waals surface area contributed by atoms with E-state index in [1.54, 1.807) is 12.1 Å². The molecule has 0 aromatic heterocycles. The van der Waals surface area contributed by atoms with Crippen LogP contribution < -0.4 is 4.65 Å². The number of hydrogen-bond acceptors (Lipinski definition) is 4. The quantitative estimate of drug-likeness (QED) is 0.138. The molecule has 0 spiro atoms. The summed E-state index contributed by atoms with van der Waals surface area (Å²) in [6, 6.07) is 48.8. The van der Waals surface area contributed by atoms with Crippen molar-refractivity contribution in [2.75, 3.05) is 0 Å². The first kappa shape index (κ1) is 82.6. The number of hydrogen-bond donors (Lipinski definition) is 1. The molecule has 0 heterocycles. The van der Waals surface area contributed by atoms with Gasteiger partial charge in [-0.15, -0.1) is 0 Å². The number of carbonyl (C=O) groups excluding carboxylic acids is 2. The summed E-state index contributed by atoms with van der Waals surface area (Å²) in [7, 11) is 0.510. The number of fused-ring (bicyclic) bond motifs is 6. The van der Waals surface area contributed by atoms with Crippen molar-refractivity contribution < 1.29 is 412 Å². The van der Waals surface area contributed by atoms with E-state index in [0.29, 0.717) is 35.1 Å². The minimum absolute atomic E-state index is 0. The smallest absolute Gasteiger partial charge is 0.537 e. The Kier molecular flexibility index (Phi) is 51.1. The van der Waals surface area contributed by atoms with Crippen molar-refractivity contribution in [1.29, 1.82) is 0 Å². The number of rotatable bonds is 5. The van der Waals surface area contributed by atoms with Gasteiger partial charge in [0, 0.05) is 413 Å². The van der Waals surface area contributed by atoms with Crippen LogP contribution in [0.25, 0.3) is 77.2 Å². The van der Waals surface area contributed by atoms with E-state index in [1.807, 2.05) is 12.1 Å². The molecule has 2 aliphatic rings. The van der Waals surface area contributed by atoms with Crippen LogP contribution in [0.15, 0.2) is 150 Å². The summed E-state index contributed by atoms with van der Waals surface area (Å²) in [5.74, 6) is 0.275. The second-order valence-corrected chi connectivity index (χ2v) is 14.5. The molecule has 8 aromatic carbocycles. The fourth-order valence-electron chi connectivity index (χ4n) is 7.42. The van der Waals surface area contributed by atoms with Gasteiger partial charge in [0.1, 0.15) is 5.75 Å². The molecule has 0 aliphatic heterocycles. The van der Waals surface area contributed by atoms with E-state index < -0.39 is 0 Å². The van der Waals surface area contributed by atoms with Crippen LogP contribution in [0.2, 0.25) is 10.0 Å². The molecule has 13 radical (unpaired) electrons. The first-order chi connectivity index (χ1) is 26.4. The third kappa shape index (κ3) is 19.8. The van der Waals surface area contributed by atoms with Gasteiger partial charge in [0.25, 0.3) is 0 Å². The van der Waals surface area contributed by atoms with Crippen LogP contribution in [0.1, 0.15) is 20.7 Å². The number of aldehydes is 2. The molecule has 2 aliphatic carbocycles. The van der Waals surface area contributed by atoms with E-state index in [2.05, 4.69) is 130 Å². The van der Waals surface area contributed by atoms with Crippen LogP contribution in [0.5, 0.6) is 5.75 Å². The molecule has 8 aromatic rings. The topological polar surface area (TPSA) is 63.6 Å². The number of halogens is 3. The van der Waals surface area contributed by atoms with E-state index in [0.717, 1.165) is 21.9 Å². The Labute approximate surface area is 707 Å². The van der Waals surface area contributed by atoms with E-state index in [4.69, 9.17) is 28.2 Å².